The molecule has 0 saturated heterocycles. The number of aromatic hydroxyl groups is 4. The number of hydrogen-bond acceptors (Lipinski definition) is 12. The summed E-state index contributed by atoms with van der Waals surface area (Å²) in [6, 6.07) is 27.6. The molecule has 0 aliphatic rings. The molecule has 0 aliphatic carbocycles. The Hall–Kier alpha value is -6.44. The normalized spacial score (nSPS) is 12.5. The van der Waals surface area contributed by atoms with Crippen molar-refractivity contribution in [3.8, 4) is 23.0 Å². The molecule has 6 aromatic carbocycles. The van der Waals surface area contributed by atoms with Crippen molar-refractivity contribution in [3.63, 3.8) is 0 Å². The van der Waals surface area contributed by atoms with Gasteiger partial charge in [0, 0.05) is 40.0 Å². The van der Waals surface area contributed by atoms with Gasteiger partial charge in [-0.2, -0.15) is 0 Å². The van der Waals surface area contributed by atoms with Gasteiger partial charge in [0.15, 0.2) is 0 Å². The summed E-state index contributed by atoms with van der Waals surface area (Å²) in [6.07, 6.45) is 10.1. The van der Waals surface area contributed by atoms with Crippen molar-refractivity contribution in [2.75, 3.05) is 0 Å². The molecule has 6 aromatic rings. The van der Waals surface area contributed by atoms with Gasteiger partial charge in [-0.3, -0.25) is 20.2 Å². The zero-order valence-corrected chi connectivity index (χ0v) is 38.9. The number of hydrogen-bond donors (Lipinski definition) is 4. The molecule has 0 heterocycles. The van der Waals surface area contributed by atoms with E-state index in [1.54, 1.807) is 24.3 Å². The van der Waals surface area contributed by atoms with Crippen molar-refractivity contribution in [2.24, 2.45) is 20.5 Å². The molecule has 65 heavy (non-hydrogen) atoms. The van der Waals surface area contributed by atoms with Crippen LogP contribution in [0.15, 0.2) is 118 Å². The minimum Gasteiger partial charge on any atom is -0.506 e. The van der Waals surface area contributed by atoms with Crippen molar-refractivity contribution in [1.29, 1.82) is 0 Å². The number of phenols is 4. The minimum atomic E-state index is -0.611. The Morgan fingerprint density at radius 1 is 0.538 bits per heavy atom. The number of phenolic OH excluding ortho intramolecular Hbond substituents is 4. The Bertz CT molecular complexity index is 2690. The first-order valence-corrected chi connectivity index (χ1v) is 21.8. The summed E-state index contributed by atoms with van der Waals surface area (Å²) in [5.74, 6) is -1.19. The SMILES string of the molecule is CCCCCC(C)(CC)c1cc(N=Nc2c(O)ccc3ccccc23)c(O)c([N+](=O)[O-])c1.CCCCCCC(C)(C)c1cc(N=Nc2c(O)ccc3ccccc23)c(O)c([N+](=O)[O-])c1.[Fe]. The van der Waals surface area contributed by atoms with Crippen LogP contribution in [0.1, 0.15) is 117 Å². The zero-order chi connectivity index (χ0) is 46.6. The predicted molar refractivity (Wildman–Crippen MR) is 253 cm³/mol. The number of benzene rings is 6. The van der Waals surface area contributed by atoms with E-state index in [4.69, 9.17) is 0 Å². The van der Waals surface area contributed by atoms with Crippen molar-refractivity contribution in [3.05, 3.63) is 128 Å². The van der Waals surface area contributed by atoms with Gasteiger partial charge in [-0.05, 0) is 76.3 Å². The fourth-order valence-electron chi connectivity index (χ4n) is 7.71. The minimum absolute atomic E-state index is 0. The second-order valence-electron chi connectivity index (χ2n) is 17.0. The number of rotatable bonds is 18. The van der Waals surface area contributed by atoms with E-state index >= 15 is 0 Å². The van der Waals surface area contributed by atoms with E-state index in [-0.39, 0.29) is 62.1 Å². The molecule has 344 valence electrons. The number of nitrogens with zero attached hydrogens (tertiary/aromatic N) is 6. The van der Waals surface area contributed by atoms with Crippen molar-refractivity contribution < 1.29 is 47.3 Å². The van der Waals surface area contributed by atoms with Crippen LogP contribution in [-0.4, -0.2) is 30.3 Å². The molecule has 0 aromatic heterocycles. The van der Waals surface area contributed by atoms with E-state index in [0.717, 1.165) is 86.1 Å². The van der Waals surface area contributed by atoms with Crippen LogP contribution in [-0.2, 0) is 27.9 Å². The Kier molecular flexibility index (Phi) is 18.1. The van der Waals surface area contributed by atoms with Crippen LogP contribution in [0.2, 0.25) is 0 Å². The largest absolute Gasteiger partial charge is 0.506 e. The van der Waals surface area contributed by atoms with Crippen molar-refractivity contribution in [2.45, 2.75) is 117 Å². The van der Waals surface area contributed by atoms with Gasteiger partial charge in [0.05, 0.1) is 9.85 Å². The predicted octanol–water partition coefficient (Wildman–Crippen LogP) is 15.6. The van der Waals surface area contributed by atoms with Gasteiger partial charge in [0.1, 0.15) is 34.2 Å². The molecule has 0 aliphatic heterocycles. The second kappa shape index (κ2) is 23.0. The Balaban J connectivity index is 0.000000280. The first-order chi connectivity index (χ1) is 30.5. The molecule has 0 saturated carbocycles. The van der Waals surface area contributed by atoms with Gasteiger partial charge in [-0.25, -0.2) is 0 Å². The maximum atomic E-state index is 11.6. The monoisotopic (exact) mass is 926 g/mol. The maximum Gasteiger partial charge on any atom is 0.313 e. The molecule has 0 bridgehead atoms. The third kappa shape index (κ3) is 12.4. The topological polar surface area (TPSA) is 217 Å². The molecule has 14 nitrogen and oxygen atoms in total. The van der Waals surface area contributed by atoms with Gasteiger partial charge in [-0.1, -0.05) is 147 Å². The Morgan fingerprint density at radius 3 is 1.43 bits per heavy atom. The van der Waals surface area contributed by atoms with Gasteiger partial charge in [-0.15, -0.1) is 20.5 Å². The summed E-state index contributed by atoms with van der Waals surface area (Å²) in [6.45, 7) is 12.5. The quantitative estimate of drug-likeness (QED) is 0.0213. The number of azo groups is 2. The van der Waals surface area contributed by atoms with E-state index in [2.05, 4.69) is 48.2 Å². The van der Waals surface area contributed by atoms with E-state index in [1.807, 2.05) is 62.4 Å². The summed E-state index contributed by atoms with van der Waals surface area (Å²) in [5.41, 5.74) is 0.545. The number of fused-ring (bicyclic) bond motifs is 2. The summed E-state index contributed by atoms with van der Waals surface area (Å²) >= 11 is 0. The average molecular weight is 927 g/mol. The average Bonchev–Trinajstić information content (AvgIpc) is 3.28. The first-order valence-electron chi connectivity index (χ1n) is 21.8. The van der Waals surface area contributed by atoms with E-state index in [0.29, 0.717) is 10.8 Å². The summed E-state index contributed by atoms with van der Waals surface area (Å²) in [4.78, 5) is 22.0. The molecule has 4 N–H and O–H groups in total. The third-order valence-corrected chi connectivity index (χ3v) is 12.1. The van der Waals surface area contributed by atoms with Crippen LogP contribution in [0.25, 0.3) is 21.5 Å². The summed E-state index contributed by atoms with van der Waals surface area (Å²) in [7, 11) is 0. The van der Waals surface area contributed by atoms with Gasteiger partial charge < -0.3 is 20.4 Å². The molecular weight excluding hydrogens is 868 g/mol. The molecule has 1 unspecified atom stereocenters. The van der Waals surface area contributed by atoms with Gasteiger partial charge in [0.2, 0.25) is 11.5 Å². The van der Waals surface area contributed by atoms with Crippen molar-refractivity contribution in [1.82, 2.24) is 0 Å². The van der Waals surface area contributed by atoms with E-state index in [9.17, 15) is 40.7 Å². The number of unbranched alkanes of at least 4 members (excludes halogenated alkanes) is 5. The molecule has 0 spiro atoms. The number of nitro benzene ring substituents is 2. The van der Waals surface area contributed by atoms with Gasteiger partial charge in [0.25, 0.3) is 0 Å². The van der Waals surface area contributed by atoms with Crippen LogP contribution in [0.4, 0.5) is 34.1 Å². The molecule has 6 rings (SSSR count). The van der Waals surface area contributed by atoms with Crippen molar-refractivity contribution >= 4 is 55.7 Å². The molecule has 15 heteroatoms. The molecule has 0 radical (unpaired) electrons. The fraction of sp³-hybridized carbons (Fsp3) is 0.360. The first kappa shape index (κ1) is 51.2. The molecular formula is C50H58FeN6O8. The maximum absolute atomic E-state index is 11.6. The molecule has 0 fully saturated rings. The molecule has 1 atom stereocenters. The van der Waals surface area contributed by atoms with Crippen LogP contribution in [0, 0.1) is 20.2 Å². The fourth-order valence-corrected chi connectivity index (χ4v) is 7.71. The Morgan fingerprint density at radius 2 is 0.969 bits per heavy atom. The standard InChI is InChI=1S/2C25H29N3O4.Fe/c1-4-5-6-9-14-25(2,3)18-15-20(24(30)21(16-18)28(31)32)26-27-23-19-11-8-7-10-17(19)12-13-22(23)29;1-4-6-9-14-25(3,5-2)18-15-20(24(30)21(16-18)28(31)32)26-27-23-19-11-8-7-10-17(19)12-13-22(23)29;/h2*7-8,10-13,15-16,29-30H,4-6,9,14H2,1-3H3;. The number of nitro groups is 2. The second-order valence-corrected chi connectivity index (χ2v) is 17.0. The molecule has 0 amide bonds. The summed E-state index contributed by atoms with van der Waals surface area (Å²) in [5, 5.41) is 84.6. The smallest absolute Gasteiger partial charge is 0.313 e. The van der Waals surface area contributed by atoms with Gasteiger partial charge >= 0.3 is 11.4 Å². The van der Waals surface area contributed by atoms with Crippen LogP contribution < -0.4 is 0 Å². The Labute approximate surface area is 390 Å². The van der Waals surface area contributed by atoms with E-state index in [1.165, 1.54) is 24.3 Å². The van der Waals surface area contributed by atoms with Crippen LogP contribution in [0.3, 0.4) is 0 Å². The zero-order valence-electron chi connectivity index (χ0n) is 37.8. The third-order valence-electron chi connectivity index (χ3n) is 12.1. The summed E-state index contributed by atoms with van der Waals surface area (Å²) < 4.78 is 0. The van der Waals surface area contributed by atoms with E-state index < -0.39 is 32.7 Å². The van der Waals surface area contributed by atoms with Crippen LogP contribution >= 0.6 is 0 Å². The van der Waals surface area contributed by atoms with Crippen LogP contribution in [0.5, 0.6) is 23.0 Å².